The number of para-hydroxylation sites is 1. The van der Waals surface area contributed by atoms with Crippen LogP contribution in [0.2, 0.25) is 0 Å². The molecule has 0 bridgehead atoms. The number of hydrogen-bond donors (Lipinski definition) is 1. The number of aryl methyl sites for hydroxylation is 1. The van der Waals surface area contributed by atoms with E-state index in [0.29, 0.717) is 29.6 Å². The minimum absolute atomic E-state index is 0.126. The number of amides is 1. The zero-order chi connectivity index (χ0) is 15.7. The van der Waals surface area contributed by atoms with Crippen LogP contribution < -0.4 is 10.6 Å². The van der Waals surface area contributed by atoms with E-state index in [2.05, 4.69) is 9.97 Å². The highest BCUT2D eigenvalue weighted by Gasteiger charge is 2.35. The third-order valence-electron chi connectivity index (χ3n) is 3.40. The van der Waals surface area contributed by atoms with Crippen molar-refractivity contribution in [1.82, 2.24) is 9.97 Å². The van der Waals surface area contributed by atoms with Gasteiger partial charge in [-0.3, -0.25) is 4.79 Å². The fourth-order valence-electron chi connectivity index (χ4n) is 2.42. The van der Waals surface area contributed by atoms with Gasteiger partial charge in [-0.1, -0.05) is 23.9 Å². The maximum atomic E-state index is 13.8. The highest BCUT2D eigenvalue weighted by molar-refractivity contribution is 8.00. The number of rotatable bonds is 3. The van der Waals surface area contributed by atoms with Crippen LogP contribution >= 0.6 is 11.8 Å². The van der Waals surface area contributed by atoms with Crippen molar-refractivity contribution < 1.29 is 9.18 Å². The fourth-order valence-corrected chi connectivity index (χ4v) is 3.48. The molecule has 1 aliphatic rings. The van der Waals surface area contributed by atoms with Crippen LogP contribution in [0.1, 0.15) is 12.1 Å². The van der Waals surface area contributed by atoms with Crippen molar-refractivity contribution in [3.63, 3.8) is 0 Å². The molecule has 2 N–H and O–H groups in total. The molecule has 0 spiro atoms. The molecule has 114 valence electrons. The number of aromatic nitrogens is 2. The smallest absolute Gasteiger partial charge is 0.240 e. The van der Waals surface area contributed by atoms with Crippen LogP contribution in [-0.4, -0.2) is 27.7 Å². The fraction of sp³-hybridized carbons (Fsp3) is 0.267. The maximum absolute atomic E-state index is 13.8. The first-order valence-corrected chi connectivity index (χ1v) is 7.76. The van der Waals surface area contributed by atoms with E-state index in [4.69, 9.17) is 5.73 Å². The predicted octanol–water partition coefficient (Wildman–Crippen LogP) is 2.40. The summed E-state index contributed by atoms with van der Waals surface area (Å²) >= 11 is 1.28. The van der Waals surface area contributed by atoms with Gasteiger partial charge in [-0.15, -0.1) is 0 Å². The van der Waals surface area contributed by atoms with E-state index in [1.807, 2.05) is 6.92 Å². The van der Waals surface area contributed by atoms with Crippen LogP contribution in [0.25, 0.3) is 0 Å². The summed E-state index contributed by atoms with van der Waals surface area (Å²) in [6.07, 6.45) is 0.620. The lowest BCUT2D eigenvalue weighted by Gasteiger charge is -2.17. The molecular formula is C15H15FN4OS. The molecule has 1 aliphatic heterocycles. The first kappa shape index (κ1) is 14.8. The van der Waals surface area contributed by atoms with E-state index in [1.165, 1.54) is 22.7 Å². The lowest BCUT2D eigenvalue weighted by molar-refractivity contribution is -0.116. The summed E-state index contributed by atoms with van der Waals surface area (Å²) in [5.41, 5.74) is 6.77. The first-order valence-electron chi connectivity index (χ1n) is 6.88. The molecule has 0 radical (unpaired) electrons. The SMILES string of the molecule is Cc1cc(N)nc(S[C@H]2CCN(c3ccccc3F)C2=O)n1. The van der Waals surface area contributed by atoms with Gasteiger partial charge in [0, 0.05) is 18.3 Å². The van der Waals surface area contributed by atoms with Crippen LogP contribution in [0.4, 0.5) is 15.9 Å². The van der Waals surface area contributed by atoms with Crippen LogP contribution in [-0.2, 0) is 4.79 Å². The second kappa shape index (κ2) is 5.92. The molecule has 0 unspecified atom stereocenters. The molecular weight excluding hydrogens is 303 g/mol. The predicted molar refractivity (Wildman–Crippen MR) is 84.2 cm³/mol. The number of anilines is 2. The second-order valence-electron chi connectivity index (χ2n) is 5.05. The van der Waals surface area contributed by atoms with Gasteiger partial charge in [0.1, 0.15) is 11.6 Å². The van der Waals surface area contributed by atoms with Crippen molar-refractivity contribution in [2.45, 2.75) is 23.8 Å². The monoisotopic (exact) mass is 318 g/mol. The molecule has 7 heteroatoms. The summed E-state index contributed by atoms with van der Waals surface area (Å²) in [7, 11) is 0. The molecule has 2 aromatic rings. The van der Waals surface area contributed by atoms with Crippen LogP contribution in [0, 0.1) is 12.7 Å². The largest absolute Gasteiger partial charge is 0.384 e. The van der Waals surface area contributed by atoms with Crippen molar-refractivity contribution in [2.75, 3.05) is 17.2 Å². The summed E-state index contributed by atoms with van der Waals surface area (Å²) in [6.45, 7) is 2.31. The number of nitrogens with zero attached hydrogens (tertiary/aromatic N) is 3. The Morgan fingerprint density at radius 1 is 1.36 bits per heavy atom. The van der Waals surface area contributed by atoms with Crippen molar-refractivity contribution in [1.29, 1.82) is 0 Å². The van der Waals surface area contributed by atoms with Gasteiger partial charge in [0.25, 0.3) is 0 Å². The average Bonchev–Trinajstić information content (AvgIpc) is 2.80. The highest BCUT2D eigenvalue weighted by Crippen LogP contribution is 2.32. The number of halogens is 1. The highest BCUT2D eigenvalue weighted by atomic mass is 32.2. The first-order chi connectivity index (χ1) is 10.5. The third-order valence-corrected chi connectivity index (χ3v) is 4.52. The van der Waals surface area contributed by atoms with E-state index in [9.17, 15) is 9.18 Å². The molecule has 1 saturated heterocycles. The van der Waals surface area contributed by atoms with Gasteiger partial charge in [-0.05, 0) is 25.5 Å². The summed E-state index contributed by atoms with van der Waals surface area (Å²) in [5.74, 6) is -0.136. The normalized spacial score (nSPS) is 18.0. The molecule has 1 atom stereocenters. The quantitative estimate of drug-likeness (QED) is 0.880. The Balaban J connectivity index is 1.78. The van der Waals surface area contributed by atoms with E-state index < -0.39 is 5.82 Å². The van der Waals surface area contributed by atoms with E-state index in [0.717, 1.165) is 5.69 Å². The maximum Gasteiger partial charge on any atom is 0.240 e. The topological polar surface area (TPSA) is 72.1 Å². The number of carbonyl (C=O) groups is 1. The second-order valence-corrected chi connectivity index (χ2v) is 6.22. The zero-order valence-corrected chi connectivity index (χ0v) is 12.8. The van der Waals surface area contributed by atoms with Gasteiger partial charge >= 0.3 is 0 Å². The lowest BCUT2D eigenvalue weighted by atomic mass is 10.3. The van der Waals surface area contributed by atoms with Crippen molar-refractivity contribution in [3.8, 4) is 0 Å². The van der Waals surface area contributed by atoms with Gasteiger partial charge in [0.2, 0.25) is 5.91 Å². The van der Waals surface area contributed by atoms with Gasteiger partial charge in [-0.2, -0.15) is 0 Å². The third kappa shape index (κ3) is 2.89. The number of carbonyl (C=O) groups excluding carboxylic acids is 1. The van der Waals surface area contributed by atoms with Gasteiger partial charge < -0.3 is 10.6 Å². The van der Waals surface area contributed by atoms with E-state index in [-0.39, 0.29) is 11.2 Å². The molecule has 2 heterocycles. The van der Waals surface area contributed by atoms with Gasteiger partial charge in [0.15, 0.2) is 5.16 Å². The standard InChI is InChI=1S/C15H15FN4OS/c1-9-8-13(17)19-15(18-9)22-12-6-7-20(14(12)21)11-5-3-2-4-10(11)16/h2-5,8,12H,6-7H2,1H3,(H2,17,18,19)/t12-/m0/s1. The molecule has 1 amide bonds. The molecule has 1 fully saturated rings. The molecule has 1 aromatic heterocycles. The number of nitrogens with two attached hydrogens (primary N) is 1. The summed E-state index contributed by atoms with van der Waals surface area (Å²) in [5, 5.41) is 0.159. The molecule has 0 aliphatic carbocycles. The molecule has 0 saturated carbocycles. The van der Waals surface area contributed by atoms with Crippen LogP contribution in [0.5, 0.6) is 0 Å². The minimum atomic E-state index is -0.391. The van der Waals surface area contributed by atoms with Crippen molar-refractivity contribution in [3.05, 3.63) is 41.8 Å². The Bertz CT molecular complexity index is 704. The van der Waals surface area contributed by atoms with Crippen LogP contribution in [0.3, 0.4) is 0 Å². The Hall–Kier alpha value is -2.15. The summed E-state index contributed by atoms with van der Waals surface area (Å²) in [4.78, 5) is 22.4. The van der Waals surface area contributed by atoms with Gasteiger partial charge in [-0.25, -0.2) is 14.4 Å². The zero-order valence-electron chi connectivity index (χ0n) is 12.0. The Morgan fingerprint density at radius 3 is 2.86 bits per heavy atom. The minimum Gasteiger partial charge on any atom is -0.384 e. The number of benzene rings is 1. The number of thioether (sulfide) groups is 1. The van der Waals surface area contributed by atoms with E-state index in [1.54, 1.807) is 24.3 Å². The van der Waals surface area contributed by atoms with Crippen LogP contribution in [0.15, 0.2) is 35.5 Å². The molecule has 3 rings (SSSR count). The Labute approximate surface area is 131 Å². The summed E-state index contributed by atoms with van der Waals surface area (Å²) < 4.78 is 13.8. The molecule has 22 heavy (non-hydrogen) atoms. The Morgan fingerprint density at radius 2 is 2.14 bits per heavy atom. The number of nitrogen functional groups attached to an aromatic ring is 1. The van der Waals surface area contributed by atoms with Crippen molar-refractivity contribution >= 4 is 29.2 Å². The molecule has 1 aromatic carbocycles. The average molecular weight is 318 g/mol. The van der Waals surface area contributed by atoms with Crippen molar-refractivity contribution in [2.24, 2.45) is 0 Å². The number of hydrogen-bond acceptors (Lipinski definition) is 5. The molecule has 5 nitrogen and oxygen atoms in total. The summed E-state index contributed by atoms with van der Waals surface area (Å²) in [6, 6.07) is 7.96. The Kier molecular flexibility index (Phi) is 3.98. The van der Waals surface area contributed by atoms with Gasteiger partial charge in [0.05, 0.1) is 10.9 Å². The van der Waals surface area contributed by atoms with E-state index >= 15 is 0 Å². The lowest BCUT2D eigenvalue weighted by Crippen LogP contribution is -2.28.